The third-order valence-corrected chi connectivity index (χ3v) is 3.77. The van der Waals surface area contributed by atoms with Crippen molar-refractivity contribution in [2.45, 2.75) is 6.92 Å². The lowest BCUT2D eigenvalue weighted by Gasteiger charge is -2.35. The number of fused-ring (bicyclic) bond motifs is 1. The number of hydrogen-bond donors (Lipinski definition) is 2. The van der Waals surface area contributed by atoms with Crippen LogP contribution in [0.1, 0.15) is 5.56 Å². The van der Waals surface area contributed by atoms with Gasteiger partial charge in [0, 0.05) is 49.0 Å². The molecule has 2 aromatic rings. The molecule has 19 heavy (non-hydrogen) atoms. The van der Waals surface area contributed by atoms with Gasteiger partial charge in [-0.15, -0.1) is 0 Å². The summed E-state index contributed by atoms with van der Waals surface area (Å²) in [6, 6.07) is 6.22. The Balaban J connectivity index is 1.90. The Hall–Kier alpha value is -2.17. The minimum absolute atomic E-state index is 0.565. The SMILES string of the molecule is Cc1c[nH]c2cccc(N3CCN(C(=O)O)CC3)c12. The highest BCUT2D eigenvalue weighted by Gasteiger charge is 2.22. The molecule has 1 fully saturated rings. The Morgan fingerprint density at radius 2 is 2.00 bits per heavy atom. The zero-order chi connectivity index (χ0) is 13.4. The summed E-state index contributed by atoms with van der Waals surface area (Å²) in [5.41, 5.74) is 3.56. The van der Waals surface area contributed by atoms with E-state index in [1.54, 1.807) is 0 Å². The molecule has 3 rings (SSSR count). The molecule has 1 aromatic heterocycles. The van der Waals surface area contributed by atoms with Crippen molar-refractivity contribution in [3.63, 3.8) is 0 Å². The number of aromatic nitrogens is 1. The first-order valence-corrected chi connectivity index (χ1v) is 6.46. The Morgan fingerprint density at radius 1 is 1.26 bits per heavy atom. The first kappa shape index (κ1) is 11.9. The van der Waals surface area contributed by atoms with E-state index in [1.165, 1.54) is 21.5 Å². The maximum Gasteiger partial charge on any atom is 0.407 e. The number of carboxylic acid groups (broad SMARTS) is 1. The van der Waals surface area contributed by atoms with Crippen LogP contribution < -0.4 is 4.90 Å². The number of hydrogen-bond acceptors (Lipinski definition) is 2. The molecule has 1 amide bonds. The second kappa shape index (κ2) is 4.50. The van der Waals surface area contributed by atoms with Crippen LogP contribution in [0.2, 0.25) is 0 Å². The molecule has 0 aliphatic carbocycles. The molecule has 5 heteroatoms. The molecule has 0 bridgehead atoms. The van der Waals surface area contributed by atoms with E-state index in [2.05, 4.69) is 28.9 Å². The topological polar surface area (TPSA) is 59.6 Å². The van der Waals surface area contributed by atoms with Crippen molar-refractivity contribution < 1.29 is 9.90 Å². The lowest BCUT2D eigenvalue weighted by Crippen LogP contribution is -2.48. The minimum Gasteiger partial charge on any atom is -0.465 e. The molecule has 1 saturated heterocycles. The van der Waals surface area contributed by atoms with Crippen LogP contribution in [0.4, 0.5) is 10.5 Å². The van der Waals surface area contributed by atoms with Crippen molar-refractivity contribution in [3.05, 3.63) is 30.0 Å². The molecular weight excluding hydrogens is 242 g/mol. The predicted molar refractivity (Wildman–Crippen MR) is 74.8 cm³/mol. The number of anilines is 1. The van der Waals surface area contributed by atoms with Crippen LogP contribution >= 0.6 is 0 Å². The van der Waals surface area contributed by atoms with E-state index in [9.17, 15) is 4.79 Å². The van der Waals surface area contributed by atoms with Gasteiger partial charge in [-0.2, -0.15) is 0 Å². The maximum atomic E-state index is 10.9. The number of carbonyl (C=O) groups is 1. The van der Waals surface area contributed by atoms with E-state index in [0.29, 0.717) is 13.1 Å². The minimum atomic E-state index is -0.823. The average Bonchev–Trinajstić information content (AvgIpc) is 2.81. The third kappa shape index (κ3) is 2.01. The van der Waals surface area contributed by atoms with E-state index in [1.807, 2.05) is 12.3 Å². The zero-order valence-corrected chi connectivity index (χ0v) is 10.9. The largest absolute Gasteiger partial charge is 0.465 e. The summed E-state index contributed by atoms with van der Waals surface area (Å²) in [6.45, 7) is 4.71. The number of nitrogens with one attached hydrogen (secondary N) is 1. The molecule has 2 N–H and O–H groups in total. The number of benzene rings is 1. The van der Waals surface area contributed by atoms with Gasteiger partial charge in [-0.05, 0) is 24.6 Å². The number of nitrogens with zero attached hydrogens (tertiary/aromatic N) is 2. The van der Waals surface area contributed by atoms with Crippen LogP contribution in [0.25, 0.3) is 10.9 Å². The summed E-state index contributed by atoms with van der Waals surface area (Å²) in [4.78, 5) is 17.9. The van der Waals surface area contributed by atoms with E-state index >= 15 is 0 Å². The van der Waals surface area contributed by atoms with Crippen LogP contribution in [-0.4, -0.2) is 47.3 Å². The normalized spacial score (nSPS) is 16.1. The van der Waals surface area contributed by atoms with Crippen molar-refractivity contribution in [2.24, 2.45) is 0 Å². The van der Waals surface area contributed by atoms with Gasteiger partial charge in [0.2, 0.25) is 0 Å². The van der Waals surface area contributed by atoms with E-state index in [-0.39, 0.29) is 0 Å². The molecule has 0 saturated carbocycles. The molecule has 0 radical (unpaired) electrons. The Bertz CT molecular complexity index is 612. The van der Waals surface area contributed by atoms with Crippen LogP contribution in [0.5, 0.6) is 0 Å². The number of piperazine rings is 1. The second-order valence-corrected chi connectivity index (χ2v) is 4.93. The number of aryl methyl sites for hydroxylation is 1. The van der Waals surface area contributed by atoms with Crippen LogP contribution in [0, 0.1) is 6.92 Å². The van der Waals surface area contributed by atoms with Crippen molar-refractivity contribution >= 4 is 22.7 Å². The monoisotopic (exact) mass is 259 g/mol. The van der Waals surface area contributed by atoms with Gasteiger partial charge >= 0.3 is 6.09 Å². The van der Waals surface area contributed by atoms with Crippen molar-refractivity contribution in [2.75, 3.05) is 31.1 Å². The van der Waals surface area contributed by atoms with Gasteiger partial charge in [-0.1, -0.05) is 6.07 Å². The number of H-pyrrole nitrogens is 1. The fourth-order valence-electron chi connectivity index (χ4n) is 2.74. The Labute approximate surface area is 111 Å². The van der Waals surface area contributed by atoms with Crippen LogP contribution in [0.15, 0.2) is 24.4 Å². The second-order valence-electron chi connectivity index (χ2n) is 4.93. The molecule has 0 spiro atoms. The number of aromatic amines is 1. The van der Waals surface area contributed by atoms with Crippen molar-refractivity contribution in [1.29, 1.82) is 0 Å². The first-order valence-electron chi connectivity index (χ1n) is 6.46. The smallest absolute Gasteiger partial charge is 0.407 e. The standard InChI is InChI=1S/C14H17N3O2/c1-10-9-15-11-3-2-4-12(13(10)11)16-5-7-17(8-6-16)14(18)19/h2-4,9,15H,5-8H2,1H3,(H,18,19). The zero-order valence-electron chi connectivity index (χ0n) is 10.9. The summed E-state index contributed by atoms with van der Waals surface area (Å²) in [6.07, 6.45) is 1.19. The summed E-state index contributed by atoms with van der Waals surface area (Å²) in [5, 5.41) is 10.2. The average molecular weight is 259 g/mol. The molecule has 100 valence electrons. The van der Waals surface area contributed by atoms with Crippen LogP contribution in [-0.2, 0) is 0 Å². The van der Waals surface area contributed by atoms with Gasteiger partial charge in [-0.3, -0.25) is 0 Å². The molecule has 2 heterocycles. The molecule has 1 aliphatic rings. The van der Waals surface area contributed by atoms with Gasteiger partial charge in [0.05, 0.1) is 0 Å². The Morgan fingerprint density at radius 3 is 2.68 bits per heavy atom. The highest BCUT2D eigenvalue weighted by molar-refractivity contribution is 5.95. The van der Waals surface area contributed by atoms with Crippen LogP contribution in [0.3, 0.4) is 0 Å². The van der Waals surface area contributed by atoms with E-state index in [4.69, 9.17) is 5.11 Å². The fourth-order valence-corrected chi connectivity index (χ4v) is 2.74. The summed E-state index contributed by atoms with van der Waals surface area (Å²) in [5.74, 6) is 0. The van der Waals surface area contributed by atoms with Gasteiger partial charge < -0.3 is 19.9 Å². The summed E-state index contributed by atoms with van der Waals surface area (Å²) >= 11 is 0. The molecule has 1 aromatic carbocycles. The molecule has 1 aliphatic heterocycles. The summed E-state index contributed by atoms with van der Waals surface area (Å²) in [7, 11) is 0. The highest BCUT2D eigenvalue weighted by Crippen LogP contribution is 2.29. The Kier molecular flexibility index (Phi) is 2.81. The number of rotatable bonds is 1. The summed E-state index contributed by atoms with van der Waals surface area (Å²) < 4.78 is 0. The van der Waals surface area contributed by atoms with Gasteiger partial charge in [0.15, 0.2) is 0 Å². The van der Waals surface area contributed by atoms with Crippen molar-refractivity contribution in [1.82, 2.24) is 9.88 Å². The maximum absolute atomic E-state index is 10.9. The molecular formula is C14H17N3O2. The number of amides is 1. The predicted octanol–water partition coefficient (Wildman–Crippen LogP) is 2.28. The van der Waals surface area contributed by atoms with Gasteiger partial charge in [-0.25, -0.2) is 4.79 Å². The molecule has 0 unspecified atom stereocenters. The third-order valence-electron chi connectivity index (χ3n) is 3.77. The lowest BCUT2D eigenvalue weighted by atomic mass is 10.1. The van der Waals surface area contributed by atoms with Gasteiger partial charge in [0.25, 0.3) is 0 Å². The fraction of sp³-hybridized carbons (Fsp3) is 0.357. The lowest BCUT2D eigenvalue weighted by molar-refractivity contribution is 0.142. The van der Waals surface area contributed by atoms with Crippen molar-refractivity contribution in [3.8, 4) is 0 Å². The van der Waals surface area contributed by atoms with E-state index in [0.717, 1.165) is 18.6 Å². The quantitative estimate of drug-likeness (QED) is 0.826. The highest BCUT2D eigenvalue weighted by atomic mass is 16.4. The van der Waals surface area contributed by atoms with Gasteiger partial charge in [0.1, 0.15) is 0 Å². The molecule has 5 nitrogen and oxygen atoms in total. The molecule has 0 atom stereocenters. The first-order chi connectivity index (χ1) is 9.16. The van der Waals surface area contributed by atoms with E-state index < -0.39 is 6.09 Å².